The first-order chi connectivity index (χ1) is 6.86. The molecule has 0 aromatic heterocycles. The van der Waals surface area contributed by atoms with Crippen LogP contribution in [0.2, 0.25) is 0 Å². The van der Waals surface area contributed by atoms with Gasteiger partial charge in [-0.05, 0) is 28.5 Å². The Balaban J connectivity index is 3.25. The van der Waals surface area contributed by atoms with E-state index in [-0.39, 0.29) is 10.5 Å². The summed E-state index contributed by atoms with van der Waals surface area (Å²) in [6.07, 6.45) is 0.849. The zero-order chi connectivity index (χ0) is 11.6. The smallest absolute Gasteiger partial charge is 0.0425 e. The Bertz CT molecular complexity index is 375. The normalized spacial score (nSPS) is 11.5. The van der Waals surface area contributed by atoms with E-state index in [0.29, 0.717) is 5.56 Å². The van der Waals surface area contributed by atoms with Crippen molar-refractivity contribution in [2.75, 3.05) is 0 Å². The van der Waals surface area contributed by atoms with Gasteiger partial charge < -0.3 is 17.4 Å². The first kappa shape index (κ1) is 12.2. The highest BCUT2D eigenvalue weighted by Crippen LogP contribution is 2.25. The van der Waals surface area contributed by atoms with Crippen LogP contribution in [0.25, 0.3) is 0 Å². The third kappa shape index (κ3) is 2.78. The molecule has 0 unspecified atom stereocenters. The van der Waals surface area contributed by atoms with Crippen LogP contribution in [0, 0.1) is 0 Å². The summed E-state index contributed by atoms with van der Waals surface area (Å²) in [5, 5.41) is -0.257. The van der Waals surface area contributed by atoms with Crippen LogP contribution in [0.15, 0.2) is 18.2 Å². The highest BCUT2D eigenvalue weighted by atomic mass is 32.1. The maximum Gasteiger partial charge on any atom is 0.0425 e. The molecular weight excluding hydrogens is 204 g/mol. The molecule has 2 heteroatoms. The molecule has 0 amide bonds. The van der Waals surface area contributed by atoms with Crippen molar-refractivity contribution in [2.24, 2.45) is 0 Å². The summed E-state index contributed by atoms with van der Waals surface area (Å²) < 4.78 is 0. The predicted octanol–water partition coefficient (Wildman–Crippen LogP) is 3.23. The van der Waals surface area contributed by atoms with Gasteiger partial charge in [-0.2, -0.15) is 0 Å². The van der Waals surface area contributed by atoms with Crippen molar-refractivity contribution < 1.29 is 4.79 Å². The average molecular weight is 221 g/mol. The lowest BCUT2D eigenvalue weighted by Crippen LogP contribution is -2.12. The molecule has 1 aromatic rings. The number of rotatable bonds is 2. The number of benzene rings is 1. The Labute approximate surface area is 97.3 Å². The second kappa shape index (κ2) is 4.31. The molecule has 82 valence electrons. The quantitative estimate of drug-likeness (QED) is 0.713. The van der Waals surface area contributed by atoms with Crippen LogP contribution in [-0.4, -0.2) is 5.12 Å². The molecule has 0 saturated carbocycles. The van der Waals surface area contributed by atoms with Crippen molar-refractivity contribution in [3.05, 3.63) is 34.9 Å². The summed E-state index contributed by atoms with van der Waals surface area (Å²) in [6, 6.07) is 5.95. The van der Waals surface area contributed by atoms with Gasteiger partial charge in [0.25, 0.3) is 0 Å². The molecule has 0 aliphatic carbocycles. The number of hydrogen-bond donors (Lipinski definition) is 0. The van der Waals surface area contributed by atoms with Crippen LogP contribution in [0.3, 0.4) is 0 Å². The van der Waals surface area contributed by atoms with Gasteiger partial charge in [0.05, 0.1) is 0 Å². The molecule has 1 rings (SSSR count). The summed E-state index contributed by atoms with van der Waals surface area (Å²) in [5.41, 5.74) is 3.11. The van der Waals surface area contributed by atoms with E-state index >= 15 is 0 Å². The molecule has 0 N–H and O–H groups in total. The van der Waals surface area contributed by atoms with Crippen LogP contribution in [0.4, 0.5) is 0 Å². The molecule has 0 aliphatic heterocycles. The van der Waals surface area contributed by atoms with E-state index in [2.05, 4.69) is 26.8 Å². The van der Waals surface area contributed by atoms with Gasteiger partial charge in [0, 0.05) is 5.12 Å². The van der Waals surface area contributed by atoms with Gasteiger partial charge in [-0.25, -0.2) is 0 Å². The third-order valence-electron chi connectivity index (χ3n) is 2.57. The standard InChI is InChI=1S/C13H18OS/c1-5-9-8-10(13(2,3)4)6-7-11(9)12(14)15/h6-8H,5H2,1-4H3,(H,14,15)/p-1. The molecule has 0 spiro atoms. The van der Waals surface area contributed by atoms with Crippen molar-refractivity contribution in [3.63, 3.8) is 0 Å². The molecule has 0 radical (unpaired) electrons. The van der Waals surface area contributed by atoms with Gasteiger partial charge in [0.2, 0.25) is 0 Å². The van der Waals surface area contributed by atoms with Gasteiger partial charge in [0.15, 0.2) is 0 Å². The van der Waals surface area contributed by atoms with Crippen LogP contribution in [0.5, 0.6) is 0 Å². The van der Waals surface area contributed by atoms with Gasteiger partial charge in [-0.15, -0.1) is 0 Å². The van der Waals surface area contributed by atoms with E-state index in [1.54, 1.807) is 0 Å². The minimum Gasteiger partial charge on any atom is -0.737 e. The molecular formula is C13H17OS-. The van der Waals surface area contributed by atoms with Crippen LogP contribution < -0.4 is 0 Å². The van der Waals surface area contributed by atoms with Crippen molar-refractivity contribution in [2.45, 2.75) is 39.5 Å². The van der Waals surface area contributed by atoms with Crippen LogP contribution in [-0.2, 0) is 24.5 Å². The fourth-order valence-corrected chi connectivity index (χ4v) is 1.75. The SMILES string of the molecule is CCc1cc(C(C)(C)C)ccc1C(=O)[S-]. The van der Waals surface area contributed by atoms with E-state index in [1.165, 1.54) is 5.56 Å². The minimum absolute atomic E-state index is 0.118. The van der Waals surface area contributed by atoms with Crippen molar-refractivity contribution >= 4 is 17.7 Å². The monoisotopic (exact) mass is 221 g/mol. The molecule has 0 fully saturated rings. The first-order valence-corrected chi connectivity index (χ1v) is 5.62. The predicted molar refractivity (Wildman–Crippen MR) is 66.2 cm³/mol. The van der Waals surface area contributed by atoms with Gasteiger partial charge in [0.1, 0.15) is 0 Å². The number of carbonyl (C=O) groups is 1. The fraction of sp³-hybridized carbons (Fsp3) is 0.462. The lowest BCUT2D eigenvalue weighted by atomic mass is 9.85. The lowest BCUT2D eigenvalue weighted by Gasteiger charge is -2.21. The van der Waals surface area contributed by atoms with E-state index < -0.39 is 0 Å². The Morgan fingerprint density at radius 2 is 1.93 bits per heavy atom. The maximum absolute atomic E-state index is 11.2. The van der Waals surface area contributed by atoms with Crippen molar-refractivity contribution in [3.8, 4) is 0 Å². The Morgan fingerprint density at radius 3 is 2.33 bits per heavy atom. The summed E-state index contributed by atoms with van der Waals surface area (Å²) in [5.74, 6) is 0. The van der Waals surface area contributed by atoms with E-state index in [1.807, 2.05) is 19.1 Å². The number of aryl methyl sites for hydroxylation is 1. The largest absolute Gasteiger partial charge is 0.737 e. The summed E-state index contributed by atoms with van der Waals surface area (Å²) in [6.45, 7) is 8.54. The average Bonchev–Trinajstić information content (AvgIpc) is 2.15. The zero-order valence-electron chi connectivity index (χ0n) is 9.76. The number of carbonyl (C=O) groups excluding carboxylic acids is 1. The zero-order valence-corrected chi connectivity index (χ0v) is 10.6. The van der Waals surface area contributed by atoms with E-state index in [4.69, 9.17) is 12.6 Å². The Morgan fingerprint density at radius 1 is 1.33 bits per heavy atom. The van der Waals surface area contributed by atoms with Gasteiger partial charge in [-0.1, -0.05) is 45.9 Å². The minimum atomic E-state index is -0.257. The molecule has 0 heterocycles. The van der Waals surface area contributed by atoms with E-state index in [0.717, 1.165) is 12.0 Å². The summed E-state index contributed by atoms with van der Waals surface area (Å²) >= 11 is 4.70. The molecule has 1 nitrogen and oxygen atoms in total. The lowest BCUT2D eigenvalue weighted by molar-refractivity contribution is 0.108. The van der Waals surface area contributed by atoms with Crippen LogP contribution >= 0.6 is 0 Å². The Hall–Kier alpha value is -0.890. The topological polar surface area (TPSA) is 17.1 Å². The molecule has 0 aliphatic rings. The summed E-state index contributed by atoms with van der Waals surface area (Å²) in [7, 11) is 0. The van der Waals surface area contributed by atoms with Gasteiger partial charge >= 0.3 is 0 Å². The molecule has 0 bridgehead atoms. The highest BCUT2D eigenvalue weighted by molar-refractivity contribution is 7.77. The van der Waals surface area contributed by atoms with Crippen molar-refractivity contribution in [1.29, 1.82) is 0 Å². The number of hydrogen-bond acceptors (Lipinski definition) is 2. The maximum atomic E-state index is 11.2. The van der Waals surface area contributed by atoms with E-state index in [9.17, 15) is 4.79 Å². The fourth-order valence-electron chi connectivity index (χ4n) is 1.55. The molecule has 1 aromatic carbocycles. The molecule has 15 heavy (non-hydrogen) atoms. The second-order valence-corrected chi connectivity index (χ2v) is 5.13. The van der Waals surface area contributed by atoms with Crippen molar-refractivity contribution in [1.82, 2.24) is 0 Å². The molecule has 0 saturated heterocycles. The second-order valence-electron chi connectivity index (χ2n) is 4.76. The highest BCUT2D eigenvalue weighted by Gasteiger charge is 2.14. The first-order valence-electron chi connectivity index (χ1n) is 5.21. The third-order valence-corrected chi connectivity index (χ3v) is 2.79. The Kier molecular flexibility index (Phi) is 3.50. The molecule has 0 atom stereocenters. The van der Waals surface area contributed by atoms with Gasteiger partial charge in [-0.3, -0.25) is 0 Å². The summed E-state index contributed by atoms with van der Waals surface area (Å²) in [4.78, 5) is 11.2. The van der Waals surface area contributed by atoms with Crippen LogP contribution in [0.1, 0.15) is 49.2 Å².